The van der Waals surface area contributed by atoms with E-state index in [4.69, 9.17) is 18.7 Å². The summed E-state index contributed by atoms with van der Waals surface area (Å²) in [4.78, 5) is 12.2. The molecule has 2 fully saturated rings. The fourth-order valence-electron chi connectivity index (χ4n) is 4.65. The van der Waals surface area contributed by atoms with Gasteiger partial charge in [-0.25, -0.2) is 4.79 Å². The third kappa shape index (κ3) is 2.08. The number of fused-ring (bicyclic) bond motifs is 3. The third-order valence-electron chi connectivity index (χ3n) is 5.56. The fourth-order valence-corrected chi connectivity index (χ4v) is 4.65. The molecule has 23 heavy (non-hydrogen) atoms. The van der Waals surface area contributed by atoms with Crippen molar-refractivity contribution in [2.45, 2.75) is 63.1 Å². The Hall–Kier alpha value is -1.40. The second-order valence-electron chi connectivity index (χ2n) is 6.65. The molecule has 1 aromatic rings. The molecule has 0 unspecified atom stereocenters. The Morgan fingerprint density at radius 3 is 2.70 bits per heavy atom. The van der Waals surface area contributed by atoms with Crippen molar-refractivity contribution in [3.8, 4) is 0 Å². The van der Waals surface area contributed by atoms with Gasteiger partial charge in [-0.2, -0.15) is 0 Å². The summed E-state index contributed by atoms with van der Waals surface area (Å²) in [5.41, 5.74) is 0.919. The monoisotopic (exact) mass is 321 g/mol. The lowest BCUT2D eigenvalue weighted by atomic mass is 9.61. The highest BCUT2D eigenvalue weighted by atomic mass is 16.7. The van der Waals surface area contributed by atoms with Crippen LogP contribution in [0.2, 0.25) is 0 Å². The number of rotatable bonds is 2. The van der Waals surface area contributed by atoms with E-state index in [1.165, 1.54) is 0 Å². The van der Waals surface area contributed by atoms with Crippen LogP contribution >= 0.6 is 0 Å². The van der Waals surface area contributed by atoms with Crippen LogP contribution in [-0.2, 0) is 26.0 Å². The molecule has 3 aliphatic rings. The van der Waals surface area contributed by atoms with Crippen LogP contribution in [-0.4, -0.2) is 36.7 Å². The van der Waals surface area contributed by atoms with Crippen LogP contribution in [0, 0.1) is 0 Å². The van der Waals surface area contributed by atoms with Crippen LogP contribution in [0.25, 0.3) is 0 Å². The standard InChI is InChI=1S/C17H23NO5/c1-2-20-15(19)13-12-6-5-8-16(14(12)23-18-13)7-3-4-9-17(16)21-10-11-22-17/h2-11H2,1H3/t16-/m0/s1. The van der Waals surface area contributed by atoms with E-state index in [1.54, 1.807) is 6.92 Å². The van der Waals surface area contributed by atoms with E-state index in [9.17, 15) is 4.79 Å². The first-order valence-corrected chi connectivity index (χ1v) is 8.66. The summed E-state index contributed by atoms with van der Waals surface area (Å²) < 4.78 is 23.1. The number of nitrogens with zero attached hydrogens (tertiary/aromatic N) is 1. The molecule has 6 heteroatoms. The van der Waals surface area contributed by atoms with Gasteiger partial charge in [0.2, 0.25) is 0 Å². The van der Waals surface area contributed by atoms with Crippen molar-refractivity contribution >= 4 is 5.97 Å². The molecule has 126 valence electrons. The zero-order valence-corrected chi connectivity index (χ0v) is 13.6. The summed E-state index contributed by atoms with van der Waals surface area (Å²) in [6.45, 7) is 3.37. The molecule has 0 radical (unpaired) electrons. The van der Waals surface area contributed by atoms with E-state index in [0.29, 0.717) is 25.5 Å². The Labute approximate surface area is 135 Å². The molecular formula is C17H23NO5. The molecule has 0 aromatic carbocycles. The fraction of sp³-hybridized carbons (Fsp3) is 0.765. The summed E-state index contributed by atoms with van der Waals surface area (Å²) >= 11 is 0. The van der Waals surface area contributed by atoms with Gasteiger partial charge in [0.1, 0.15) is 0 Å². The van der Waals surface area contributed by atoms with Crippen molar-refractivity contribution in [2.75, 3.05) is 19.8 Å². The van der Waals surface area contributed by atoms with Crippen LogP contribution in [0.5, 0.6) is 0 Å². The number of hydrogen-bond acceptors (Lipinski definition) is 6. The van der Waals surface area contributed by atoms with Crippen molar-refractivity contribution in [3.63, 3.8) is 0 Å². The van der Waals surface area contributed by atoms with E-state index in [-0.39, 0.29) is 5.41 Å². The van der Waals surface area contributed by atoms with Gasteiger partial charge in [-0.1, -0.05) is 11.6 Å². The second-order valence-corrected chi connectivity index (χ2v) is 6.65. The minimum absolute atomic E-state index is 0.312. The first kappa shape index (κ1) is 15.1. The van der Waals surface area contributed by atoms with E-state index in [0.717, 1.165) is 56.3 Å². The highest BCUT2D eigenvalue weighted by Gasteiger charge is 2.61. The highest BCUT2D eigenvalue weighted by Crippen LogP contribution is 2.56. The molecule has 2 aliphatic carbocycles. The van der Waals surface area contributed by atoms with Crippen LogP contribution in [0.4, 0.5) is 0 Å². The maximum atomic E-state index is 12.2. The summed E-state index contributed by atoms with van der Waals surface area (Å²) in [7, 11) is 0. The summed E-state index contributed by atoms with van der Waals surface area (Å²) in [6.07, 6.45) is 6.77. The molecule has 1 aliphatic heterocycles. The van der Waals surface area contributed by atoms with E-state index >= 15 is 0 Å². The Morgan fingerprint density at radius 1 is 1.17 bits per heavy atom. The van der Waals surface area contributed by atoms with Crippen molar-refractivity contribution in [2.24, 2.45) is 0 Å². The largest absolute Gasteiger partial charge is 0.461 e. The van der Waals surface area contributed by atoms with Crippen LogP contribution in [0.3, 0.4) is 0 Å². The maximum absolute atomic E-state index is 12.2. The SMILES string of the molecule is CCOC(=O)c1noc2c1CCC[C@@]21CCCCC12OCCO2. The molecule has 6 nitrogen and oxygen atoms in total. The van der Waals surface area contributed by atoms with Gasteiger partial charge >= 0.3 is 5.97 Å². The minimum atomic E-state index is -0.605. The van der Waals surface area contributed by atoms with Gasteiger partial charge < -0.3 is 18.7 Å². The third-order valence-corrected chi connectivity index (χ3v) is 5.56. The lowest BCUT2D eigenvalue weighted by Crippen LogP contribution is -2.56. The van der Waals surface area contributed by atoms with Crippen LogP contribution in [0.15, 0.2) is 4.52 Å². The molecule has 1 aromatic heterocycles. The van der Waals surface area contributed by atoms with Gasteiger partial charge in [-0.3, -0.25) is 0 Å². The van der Waals surface area contributed by atoms with Crippen LogP contribution in [0.1, 0.15) is 67.3 Å². The first-order chi connectivity index (χ1) is 11.2. The smallest absolute Gasteiger partial charge is 0.360 e. The van der Waals surface area contributed by atoms with E-state index < -0.39 is 11.8 Å². The summed E-state index contributed by atoms with van der Waals surface area (Å²) in [5.74, 6) is -0.202. The number of hydrogen-bond donors (Lipinski definition) is 0. The van der Waals surface area contributed by atoms with Crippen molar-refractivity contribution in [1.82, 2.24) is 5.16 Å². The van der Waals surface area contributed by atoms with Crippen molar-refractivity contribution < 1.29 is 23.5 Å². The maximum Gasteiger partial charge on any atom is 0.360 e. The molecule has 0 bridgehead atoms. The number of carbonyl (C=O) groups is 1. The molecule has 4 rings (SSSR count). The van der Waals surface area contributed by atoms with Crippen molar-refractivity contribution in [1.29, 1.82) is 0 Å². The van der Waals surface area contributed by atoms with E-state index in [1.807, 2.05) is 0 Å². The topological polar surface area (TPSA) is 70.8 Å². The Balaban J connectivity index is 1.79. The number of carbonyl (C=O) groups excluding carboxylic acids is 1. The average molecular weight is 321 g/mol. The van der Waals surface area contributed by atoms with Crippen molar-refractivity contribution in [3.05, 3.63) is 17.0 Å². The van der Waals surface area contributed by atoms with Gasteiger partial charge in [-0.05, 0) is 39.0 Å². The average Bonchev–Trinajstić information content (AvgIpc) is 3.19. The zero-order valence-electron chi connectivity index (χ0n) is 13.6. The molecule has 1 saturated carbocycles. The molecule has 2 heterocycles. The first-order valence-electron chi connectivity index (χ1n) is 8.66. The highest BCUT2D eigenvalue weighted by molar-refractivity contribution is 5.89. The molecular weight excluding hydrogens is 298 g/mol. The molecule has 0 N–H and O–H groups in total. The van der Waals surface area contributed by atoms with Gasteiger partial charge in [0, 0.05) is 12.0 Å². The molecule has 1 atom stereocenters. The number of esters is 1. The molecule has 1 saturated heterocycles. The Bertz CT molecular complexity index is 604. The van der Waals surface area contributed by atoms with Gasteiger partial charge in [0.25, 0.3) is 0 Å². The number of aromatic nitrogens is 1. The van der Waals surface area contributed by atoms with Crippen LogP contribution < -0.4 is 0 Å². The van der Waals surface area contributed by atoms with E-state index in [2.05, 4.69) is 5.16 Å². The Morgan fingerprint density at radius 2 is 1.91 bits per heavy atom. The predicted molar refractivity (Wildman–Crippen MR) is 80.2 cm³/mol. The molecule has 0 amide bonds. The lowest BCUT2D eigenvalue weighted by molar-refractivity contribution is -0.235. The van der Waals surface area contributed by atoms with Gasteiger partial charge in [-0.15, -0.1) is 0 Å². The van der Waals surface area contributed by atoms with Gasteiger partial charge in [0.05, 0.1) is 25.2 Å². The molecule has 2 spiro atoms. The second kappa shape index (κ2) is 5.60. The quantitative estimate of drug-likeness (QED) is 0.780. The summed E-state index contributed by atoms with van der Waals surface area (Å²) in [6, 6.07) is 0. The Kier molecular flexibility index (Phi) is 3.69. The zero-order chi connectivity index (χ0) is 15.9. The van der Waals surface area contributed by atoms with Gasteiger partial charge in [0.15, 0.2) is 17.2 Å². The normalized spacial score (nSPS) is 28.9. The summed E-state index contributed by atoms with van der Waals surface area (Å²) in [5, 5.41) is 4.06. The predicted octanol–water partition coefficient (Wildman–Crippen LogP) is 2.74. The lowest BCUT2D eigenvalue weighted by Gasteiger charge is -2.50. The minimum Gasteiger partial charge on any atom is -0.461 e. The number of ether oxygens (including phenoxy) is 3.